The average molecular weight is 266 g/mol. The Balaban J connectivity index is 1.77. The molecule has 2 rings (SSSR count). The van der Waals surface area contributed by atoms with Crippen LogP contribution < -0.4 is 5.32 Å². The van der Waals surface area contributed by atoms with Gasteiger partial charge in [-0.05, 0) is 18.1 Å². The minimum atomic E-state index is -0.0697. The number of carbonyl (C=O) groups is 1. The zero-order valence-corrected chi connectivity index (χ0v) is 10.3. The Hall–Kier alpha value is -1.95. The van der Waals surface area contributed by atoms with E-state index >= 15 is 0 Å². The Kier molecular flexibility index (Phi) is 4.25. The molecule has 1 aromatic heterocycles. The molecule has 0 atom stereocenters. The van der Waals surface area contributed by atoms with Gasteiger partial charge in [0.25, 0.3) is 0 Å². The van der Waals surface area contributed by atoms with Crippen LogP contribution in [-0.4, -0.2) is 26.5 Å². The average Bonchev–Trinajstić information content (AvgIpc) is 2.88. The molecule has 2 N–H and O–H groups in total. The summed E-state index contributed by atoms with van der Waals surface area (Å²) in [5, 5.41) is 16.6. The van der Waals surface area contributed by atoms with Crippen LogP contribution in [0.2, 0.25) is 5.02 Å². The predicted octanol–water partition coefficient (Wildman–Crippen LogP) is 1.10. The van der Waals surface area contributed by atoms with Gasteiger partial charge in [0.1, 0.15) is 0 Å². The summed E-state index contributed by atoms with van der Waals surface area (Å²) in [5.41, 5.74) is 0.967. The molecule has 0 aliphatic rings. The van der Waals surface area contributed by atoms with Crippen molar-refractivity contribution in [1.29, 1.82) is 0 Å². The van der Waals surface area contributed by atoms with Crippen molar-refractivity contribution in [2.24, 2.45) is 0 Å². The summed E-state index contributed by atoms with van der Waals surface area (Å²) < 4.78 is 0. The van der Waals surface area contributed by atoms with Crippen LogP contribution in [0.4, 0.5) is 0 Å². The molecular weight excluding hydrogens is 254 g/mol. The number of aromatic nitrogens is 4. The van der Waals surface area contributed by atoms with E-state index in [2.05, 4.69) is 25.9 Å². The van der Waals surface area contributed by atoms with E-state index in [9.17, 15) is 4.79 Å². The highest BCUT2D eigenvalue weighted by atomic mass is 35.5. The van der Waals surface area contributed by atoms with Crippen LogP contribution in [0.25, 0.3) is 0 Å². The maximum absolute atomic E-state index is 11.6. The van der Waals surface area contributed by atoms with Crippen LogP contribution in [0.1, 0.15) is 17.8 Å². The van der Waals surface area contributed by atoms with E-state index < -0.39 is 0 Å². The molecule has 0 aliphatic carbocycles. The van der Waals surface area contributed by atoms with Crippen molar-refractivity contribution in [2.75, 3.05) is 0 Å². The van der Waals surface area contributed by atoms with Crippen LogP contribution in [0.5, 0.6) is 0 Å². The van der Waals surface area contributed by atoms with Gasteiger partial charge in [-0.2, -0.15) is 5.21 Å². The fourth-order valence-corrected chi connectivity index (χ4v) is 1.70. The fourth-order valence-electron chi connectivity index (χ4n) is 1.47. The second kappa shape index (κ2) is 6.11. The SMILES string of the molecule is O=C(CCc1ccccc1Cl)NCc1nn[nH]n1. The minimum absolute atomic E-state index is 0.0697. The molecular formula is C11H12ClN5O. The van der Waals surface area contributed by atoms with Gasteiger partial charge in [-0.25, -0.2) is 0 Å². The number of hydrogen-bond donors (Lipinski definition) is 2. The minimum Gasteiger partial charge on any atom is -0.349 e. The molecule has 94 valence electrons. The van der Waals surface area contributed by atoms with Crippen LogP contribution in [0, 0.1) is 0 Å². The molecule has 1 amide bonds. The van der Waals surface area contributed by atoms with E-state index in [0.717, 1.165) is 5.56 Å². The smallest absolute Gasteiger partial charge is 0.220 e. The summed E-state index contributed by atoms with van der Waals surface area (Å²) in [6.07, 6.45) is 0.985. The summed E-state index contributed by atoms with van der Waals surface area (Å²) in [6, 6.07) is 7.49. The number of aromatic amines is 1. The second-order valence-corrected chi connectivity index (χ2v) is 4.10. The number of tetrazole rings is 1. The first kappa shape index (κ1) is 12.5. The van der Waals surface area contributed by atoms with Crippen molar-refractivity contribution in [3.05, 3.63) is 40.7 Å². The number of amides is 1. The Bertz CT molecular complexity index is 514. The van der Waals surface area contributed by atoms with E-state index in [4.69, 9.17) is 11.6 Å². The van der Waals surface area contributed by atoms with Crippen molar-refractivity contribution in [3.8, 4) is 0 Å². The molecule has 0 spiro atoms. The van der Waals surface area contributed by atoms with Crippen LogP contribution in [0.3, 0.4) is 0 Å². The van der Waals surface area contributed by atoms with E-state index in [1.807, 2.05) is 24.3 Å². The zero-order valence-electron chi connectivity index (χ0n) is 9.56. The number of nitrogens with one attached hydrogen (secondary N) is 2. The molecule has 0 unspecified atom stereocenters. The summed E-state index contributed by atoms with van der Waals surface area (Å²) in [5.74, 6) is 0.390. The first-order valence-electron chi connectivity index (χ1n) is 5.48. The van der Waals surface area contributed by atoms with Crippen molar-refractivity contribution >= 4 is 17.5 Å². The number of halogens is 1. The lowest BCUT2D eigenvalue weighted by atomic mass is 10.1. The summed E-state index contributed by atoms with van der Waals surface area (Å²) >= 11 is 6.00. The fraction of sp³-hybridized carbons (Fsp3) is 0.273. The summed E-state index contributed by atoms with van der Waals surface area (Å²) in [7, 11) is 0. The van der Waals surface area contributed by atoms with Crippen molar-refractivity contribution in [3.63, 3.8) is 0 Å². The lowest BCUT2D eigenvalue weighted by Gasteiger charge is -2.04. The molecule has 0 saturated carbocycles. The van der Waals surface area contributed by atoms with Crippen molar-refractivity contribution in [2.45, 2.75) is 19.4 Å². The zero-order chi connectivity index (χ0) is 12.8. The molecule has 0 aliphatic heterocycles. The van der Waals surface area contributed by atoms with Gasteiger partial charge in [0.15, 0.2) is 5.82 Å². The maximum Gasteiger partial charge on any atom is 0.220 e. The summed E-state index contributed by atoms with van der Waals surface area (Å²) in [6.45, 7) is 0.276. The molecule has 6 nitrogen and oxygen atoms in total. The van der Waals surface area contributed by atoms with E-state index in [-0.39, 0.29) is 12.5 Å². The second-order valence-electron chi connectivity index (χ2n) is 3.70. The molecule has 1 heterocycles. The lowest BCUT2D eigenvalue weighted by molar-refractivity contribution is -0.121. The number of nitrogens with zero attached hydrogens (tertiary/aromatic N) is 3. The molecule has 0 fully saturated rings. The van der Waals surface area contributed by atoms with Gasteiger partial charge in [-0.1, -0.05) is 35.0 Å². The third-order valence-corrected chi connectivity index (χ3v) is 2.78. The third-order valence-electron chi connectivity index (χ3n) is 2.41. The molecule has 1 aromatic carbocycles. The molecule has 0 radical (unpaired) electrons. The summed E-state index contributed by atoms with van der Waals surface area (Å²) in [4.78, 5) is 11.6. The molecule has 0 saturated heterocycles. The number of rotatable bonds is 5. The van der Waals surface area contributed by atoms with Gasteiger partial charge in [0.2, 0.25) is 5.91 Å². The number of carbonyl (C=O) groups excluding carboxylic acids is 1. The molecule has 0 bridgehead atoms. The van der Waals surface area contributed by atoms with Crippen LogP contribution in [-0.2, 0) is 17.8 Å². The van der Waals surface area contributed by atoms with E-state index in [1.54, 1.807) is 0 Å². The van der Waals surface area contributed by atoms with Crippen LogP contribution >= 0.6 is 11.6 Å². The van der Waals surface area contributed by atoms with Gasteiger partial charge in [-0.15, -0.1) is 10.2 Å². The largest absolute Gasteiger partial charge is 0.349 e. The molecule has 7 heteroatoms. The highest BCUT2D eigenvalue weighted by Gasteiger charge is 2.06. The van der Waals surface area contributed by atoms with Crippen molar-refractivity contribution < 1.29 is 4.79 Å². The number of aryl methyl sites for hydroxylation is 1. The maximum atomic E-state index is 11.6. The Morgan fingerprint density at radius 3 is 2.94 bits per heavy atom. The van der Waals surface area contributed by atoms with E-state index in [0.29, 0.717) is 23.7 Å². The first-order chi connectivity index (χ1) is 8.75. The number of benzene rings is 1. The third kappa shape index (κ3) is 3.53. The lowest BCUT2D eigenvalue weighted by Crippen LogP contribution is -2.23. The first-order valence-corrected chi connectivity index (χ1v) is 5.86. The van der Waals surface area contributed by atoms with Gasteiger partial charge >= 0.3 is 0 Å². The highest BCUT2D eigenvalue weighted by molar-refractivity contribution is 6.31. The van der Waals surface area contributed by atoms with E-state index in [1.165, 1.54) is 0 Å². The normalized spacial score (nSPS) is 10.3. The Morgan fingerprint density at radius 1 is 1.39 bits per heavy atom. The van der Waals surface area contributed by atoms with Gasteiger partial charge < -0.3 is 5.32 Å². The molecule has 2 aromatic rings. The Labute approximate surface area is 109 Å². The van der Waals surface area contributed by atoms with Gasteiger partial charge in [-0.3, -0.25) is 4.79 Å². The quantitative estimate of drug-likeness (QED) is 0.848. The number of hydrogen-bond acceptors (Lipinski definition) is 4. The predicted molar refractivity (Wildman–Crippen MR) is 65.8 cm³/mol. The standard InChI is InChI=1S/C11H12ClN5O/c12-9-4-2-1-3-8(9)5-6-11(18)13-7-10-14-16-17-15-10/h1-4H,5-7H2,(H,13,18)(H,14,15,16,17). The monoisotopic (exact) mass is 265 g/mol. The Morgan fingerprint density at radius 2 is 2.22 bits per heavy atom. The van der Waals surface area contributed by atoms with Gasteiger partial charge in [0.05, 0.1) is 6.54 Å². The topological polar surface area (TPSA) is 83.6 Å². The van der Waals surface area contributed by atoms with Crippen molar-refractivity contribution in [1.82, 2.24) is 25.9 Å². The highest BCUT2D eigenvalue weighted by Crippen LogP contribution is 2.16. The number of H-pyrrole nitrogens is 1. The molecule has 18 heavy (non-hydrogen) atoms. The van der Waals surface area contributed by atoms with Crippen LogP contribution in [0.15, 0.2) is 24.3 Å². The van der Waals surface area contributed by atoms with Gasteiger partial charge in [0, 0.05) is 11.4 Å².